The van der Waals surface area contributed by atoms with E-state index < -0.39 is 0 Å². The zero-order chi connectivity index (χ0) is 15.8. The minimum Gasteiger partial charge on any atom is -0.494 e. The van der Waals surface area contributed by atoms with Gasteiger partial charge in [-0.15, -0.1) is 0 Å². The number of carbonyl (C=O) groups is 1. The number of anilines is 1. The Hall–Kier alpha value is -2.01. The van der Waals surface area contributed by atoms with E-state index in [2.05, 4.69) is 28.2 Å². The molecule has 0 spiro atoms. The first-order valence-electron chi connectivity index (χ1n) is 7.08. The van der Waals surface area contributed by atoms with Crippen LogP contribution in [0, 0.1) is 0 Å². The third-order valence-corrected chi connectivity index (χ3v) is 3.27. The molecular weight excluding hydrogens is 346 g/mol. The number of rotatable bonds is 7. The van der Waals surface area contributed by atoms with Gasteiger partial charge in [0.15, 0.2) is 6.61 Å². The van der Waals surface area contributed by atoms with Crippen LogP contribution in [0.5, 0.6) is 11.5 Å². The van der Waals surface area contributed by atoms with Gasteiger partial charge in [0.05, 0.1) is 6.61 Å². The van der Waals surface area contributed by atoms with Crippen molar-refractivity contribution in [3.05, 3.63) is 53.0 Å². The zero-order valence-electron chi connectivity index (χ0n) is 12.3. The molecule has 0 heterocycles. The lowest BCUT2D eigenvalue weighted by Gasteiger charge is -2.09. The van der Waals surface area contributed by atoms with Gasteiger partial charge in [0.2, 0.25) is 0 Å². The minimum absolute atomic E-state index is 0.0400. The van der Waals surface area contributed by atoms with Crippen molar-refractivity contribution >= 4 is 27.5 Å². The molecule has 0 saturated carbocycles. The van der Waals surface area contributed by atoms with Crippen LogP contribution in [-0.4, -0.2) is 19.1 Å². The van der Waals surface area contributed by atoms with Crippen molar-refractivity contribution in [3.63, 3.8) is 0 Å². The van der Waals surface area contributed by atoms with Crippen LogP contribution >= 0.6 is 15.9 Å². The molecule has 0 aliphatic carbocycles. The average molecular weight is 364 g/mol. The zero-order valence-corrected chi connectivity index (χ0v) is 13.9. The molecule has 0 atom stereocenters. The number of hydrogen-bond acceptors (Lipinski definition) is 3. The number of ether oxygens (including phenoxy) is 2. The van der Waals surface area contributed by atoms with Gasteiger partial charge in [-0.25, -0.2) is 0 Å². The Labute approximate surface area is 138 Å². The summed E-state index contributed by atoms with van der Waals surface area (Å²) in [6.45, 7) is 2.71. The number of benzene rings is 2. The van der Waals surface area contributed by atoms with Crippen LogP contribution in [-0.2, 0) is 4.79 Å². The molecule has 5 heteroatoms. The lowest BCUT2D eigenvalue weighted by atomic mass is 10.3. The second kappa shape index (κ2) is 8.44. The molecule has 1 N–H and O–H groups in total. The quantitative estimate of drug-likeness (QED) is 0.799. The smallest absolute Gasteiger partial charge is 0.262 e. The van der Waals surface area contributed by atoms with Gasteiger partial charge >= 0.3 is 0 Å². The van der Waals surface area contributed by atoms with Gasteiger partial charge in [-0.05, 0) is 48.9 Å². The number of carbonyl (C=O) groups excluding carboxylic acids is 1. The lowest BCUT2D eigenvalue weighted by Crippen LogP contribution is -2.20. The fourth-order valence-electron chi connectivity index (χ4n) is 1.76. The van der Waals surface area contributed by atoms with E-state index in [9.17, 15) is 4.79 Å². The summed E-state index contributed by atoms with van der Waals surface area (Å²) in [5, 5.41) is 2.77. The van der Waals surface area contributed by atoms with Gasteiger partial charge in [0.25, 0.3) is 5.91 Å². The van der Waals surface area contributed by atoms with Crippen LogP contribution in [0.3, 0.4) is 0 Å². The van der Waals surface area contributed by atoms with Crippen molar-refractivity contribution in [2.75, 3.05) is 18.5 Å². The molecule has 0 aliphatic heterocycles. The molecule has 2 aromatic carbocycles. The molecule has 0 saturated heterocycles. The molecule has 116 valence electrons. The van der Waals surface area contributed by atoms with Gasteiger partial charge in [-0.1, -0.05) is 28.9 Å². The third kappa shape index (κ3) is 5.41. The van der Waals surface area contributed by atoms with Crippen molar-refractivity contribution in [1.29, 1.82) is 0 Å². The predicted octanol–water partition coefficient (Wildman–Crippen LogP) is 4.26. The summed E-state index contributed by atoms with van der Waals surface area (Å²) in [5.74, 6) is 1.23. The van der Waals surface area contributed by atoms with Crippen LogP contribution in [0.4, 0.5) is 5.69 Å². The van der Waals surface area contributed by atoms with Crippen LogP contribution < -0.4 is 14.8 Å². The molecule has 1 amide bonds. The molecular formula is C17H18BrNO3. The van der Waals surface area contributed by atoms with Gasteiger partial charge in [-0.2, -0.15) is 0 Å². The average Bonchev–Trinajstić information content (AvgIpc) is 2.52. The highest BCUT2D eigenvalue weighted by atomic mass is 79.9. The van der Waals surface area contributed by atoms with E-state index in [1.54, 1.807) is 12.1 Å². The predicted molar refractivity (Wildman–Crippen MR) is 90.5 cm³/mol. The van der Waals surface area contributed by atoms with Crippen molar-refractivity contribution < 1.29 is 14.3 Å². The number of amides is 1. The van der Waals surface area contributed by atoms with Crippen LogP contribution in [0.25, 0.3) is 0 Å². The molecule has 22 heavy (non-hydrogen) atoms. The summed E-state index contributed by atoms with van der Waals surface area (Å²) in [7, 11) is 0. The van der Waals surface area contributed by atoms with Crippen molar-refractivity contribution in [2.24, 2.45) is 0 Å². The van der Waals surface area contributed by atoms with Gasteiger partial charge in [-0.3, -0.25) is 4.79 Å². The molecule has 0 radical (unpaired) electrons. The fourth-order valence-corrected chi connectivity index (χ4v) is 2.16. The summed E-state index contributed by atoms with van der Waals surface area (Å²) in [6, 6.07) is 14.6. The molecule has 0 aromatic heterocycles. The Bertz CT molecular complexity index is 614. The maximum atomic E-state index is 11.8. The van der Waals surface area contributed by atoms with Gasteiger partial charge in [0, 0.05) is 10.2 Å². The third-order valence-electron chi connectivity index (χ3n) is 2.77. The van der Waals surface area contributed by atoms with Gasteiger partial charge < -0.3 is 14.8 Å². The fraction of sp³-hybridized carbons (Fsp3) is 0.235. The maximum absolute atomic E-state index is 11.8. The lowest BCUT2D eigenvalue weighted by molar-refractivity contribution is -0.118. The van der Waals surface area contributed by atoms with E-state index in [1.165, 1.54) is 0 Å². The summed E-state index contributed by atoms with van der Waals surface area (Å²) in [6.07, 6.45) is 0.966. The first-order valence-corrected chi connectivity index (χ1v) is 7.88. The normalized spacial score (nSPS) is 10.1. The van der Waals surface area contributed by atoms with Crippen LogP contribution in [0.2, 0.25) is 0 Å². The standard InChI is InChI=1S/C17H18BrNO3/c1-2-10-21-15-6-8-16(9-7-15)22-12-17(20)19-14-5-3-4-13(18)11-14/h3-9,11H,2,10,12H2,1H3,(H,19,20). The molecule has 0 bridgehead atoms. The second-order valence-corrected chi connectivity index (χ2v) is 5.58. The summed E-state index contributed by atoms with van der Waals surface area (Å²) in [5.41, 5.74) is 0.728. The van der Waals surface area contributed by atoms with Crippen LogP contribution in [0.15, 0.2) is 53.0 Å². The number of nitrogens with one attached hydrogen (secondary N) is 1. The van der Waals surface area contributed by atoms with E-state index in [4.69, 9.17) is 9.47 Å². The van der Waals surface area contributed by atoms with E-state index in [-0.39, 0.29) is 12.5 Å². The summed E-state index contributed by atoms with van der Waals surface area (Å²) < 4.78 is 11.8. The Morgan fingerprint density at radius 1 is 1.09 bits per heavy atom. The van der Waals surface area contributed by atoms with E-state index in [0.717, 1.165) is 22.3 Å². The Kier molecular flexibility index (Phi) is 6.27. The summed E-state index contributed by atoms with van der Waals surface area (Å²) >= 11 is 3.36. The Morgan fingerprint density at radius 3 is 2.41 bits per heavy atom. The van der Waals surface area contributed by atoms with Crippen LogP contribution in [0.1, 0.15) is 13.3 Å². The minimum atomic E-state index is -0.204. The Morgan fingerprint density at radius 2 is 1.77 bits per heavy atom. The monoisotopic (exact) mass is 363 g/mol. The molecule has 0 unspecified atom stereocenters. The molecule has 0 aliphatic rings. The van der Waals surface area contributed by atoms with E-state index in [0.29, 0.717) is 12.4 Å². The largest absolute Gasteiger partial charge is 0.494 e. The van der Waals surface area contributed by atoms with E-state index >= 15 is 0 Å². The van der Waals surface area contributed by atoms with Gasteiger partial charge in [0.1, 0.15) is 11.5 Å². The Balaban J connectivity index is 1.80. The number of hydrogen-bond donors (Lipinski definition) is 1. The molecule has 2 rings (SSSR count). The highest BCUT2D eigenvalue weighted by Gasteiger charge is 2.04. The second-order valence-electron chi connectivity index (χ2n) is 4.67. The summed E-state index contributed by atoms with van der Waals surface area (Å²) in [4.78, 5) is 11.8. The first kappa shape index (κ1) is 16.4. The SMILES string of the molecule is CCCOc1ccc(OCC(=O)Nc2cccc(Br)c2)cc1. The van der Waals surface area contributed by atoms with Crippen molar-refractivity contribution in [1.82, 2.24) is 0 Å². The highest BCUT2D eigenvalue weighted by Crippen LogP contribution is 2.18. The molecule has 2 aromatic rings. The molecule has 0 fully saturated rings. The van der Waals surface area contributed by atoms with E-state index in [1.807, 2.05) is 36.4 Å². The topological polar surface area (TPSA) is 47.6 Å². The maximum Gasteiger partial charge on any atom is 0.262 e. The highest BCUT2D eigenvalue weighted by molar-refractivity contribution is 9.10. The molecule has 4 nitrogen and oxygen atoms in total. The first-order chi connectivity index (χ1) is 10.7. The van der Waals surface area contributed by atoms with Crippen molar-refractivity contribution in [3.8, 4) is 11.5 Å². The number of halogens is 1. The van der Waals surface area contributed by atoms with Crippen molar-refractivity contribution in [2.45, 2.75) is 13.3 Å².